The van der Waals surface area contributed by atoms with E-state index in [1.807, 2.05) is 32.0 Å². The lowest BCUT2D eigenvalue weighted by Gasteiger charge is -2.11. The number of carbonyl (C=O) groups excluding carboxylic acids is 1. The van der Waals surface area contributed by atoms with Crippen LogP contribution in [0.25, 0.3) is 11.5 Å². The summed E-state index contributed by atoms with van der Waals surface area (Å²) in [5.41, 5.74) is 2.56. The van der Waals surface area contributed by atoms with Crippen LogP contribution in [-0.2, 0) is 9.53 Å². The Kier molecular flexibility index (Phi) is 6.41. The second-order valence-electron chi connectivity index (χ2n) is 6.75. The third-order valence-electron chi connectivity index (χ3n) is 4.33. The fourth-order valence-electron chi connectivity index (χ4n) is 2.65. The quantitative estimate of drug-likeness (QED) is 0.305. The minimum Gasteiger partial charge on any atom is -0.493 e. The zero-order valence-corrected chi connectivity index (χ0v) is 16.8. The molecule has 0 saturated carbocycles. The number of benzene rings is 2. The average molecular weight is 411 g/mol. The van der Waals surface area contributed by atoms with Crippen molar-refractivity contribution in [1.29, 1.82) is 0 Å². The molecule has 0 unspecified atom stereocenters. The highest BCUT2D eigenvalue weighted by Crippen LogP contribution is 2.24. The van der Waals surface area contributed by atoms with Crippen LogP contribution in [0, 0.1) is 24.0 Å². The molecule has 0 aliphatic heterocycles. The zero-order valence-electron chi connectivity index (χ0n) is 16.8. The van der Waals surface area contributed by atoms with Crippen molar-refractivity contribution in [2.24, 2.45) is 0 Å². The van der Waals surface area contributed by atoms with Crippen LogP contribution in [-0.4, -0.2) is 27.7 Å². The number of aryl methyl sites for hydroxylation is 2. The van der Waals surface area contributed by atoms with Crippen LogP contribution in [0.1, 0.15) is 36.5 Å². The Hall–Kier alpha value is -3.75. The number of nitro benzene ring substituents is 1. The molecule has 1 aromatic heterocycles. The van der Waals surface area contributed by atoms with Gasteiger partial charge in [0.25, 0.3) is 11.6 Å². The largest absolute Gasteiger partial charge is 0.493 e. The van der Waals surface area contributed by atoms with Gasteiger partial charge in [0.2, 0.25) is 5.89 Å². The van der Waals surface area contributed by atoms with Crippen molar-refractivity contribution in [2.45, 2.75) is 33.3 Å². The van der Waals surface area contributed by atoms with E-state index in [0.717, 1.165) is 16.9 Å². The van der Waals surface area contributed by atoms with E-state index in [1.165, 1.54) is 24.3 Å². The highest BCUT2D eigenvalue weighted by molar-refractivity contribution is 5.69. The van der Waals surface area contributed by atoms with Gasteiger partial charge in [-0.1, -0.05) is 12.1 Å². The number of nitrogens with zero attached hydrogens (tertiary/aromatic N) is 3. The molecule has 0 radical (unpaired) electrons. The molecule has 0 fully saturated rings. The molecular formula is C21H21N3O6. The first kappa shape index (κ1) is 21.0. The molecule has 30 heavy (non-hydrogen) atoms. The molecule has 2 aromatic carbocycles. The minimum atomic E-state index is -0.738. The SMILES string of the molecule is Cc1ccc(C)c(OCCC(=O)O[C@@H](C)c2nnc(-c3ccc([N+](=O)[O-])cc3)o2)c1. The Bertz CT molecular complexity index is 1050. The maximum Gasteiger partial charge on any atom is 0.310 e. The maximum absolute atomic E-state index is 12.1. The third kappa shape index (κ3) is 5.19. The summed E-state index contributed by atoms with van der Waals surface area (Å²) in [5.74, 6) is 0.594. The standard InChI is InChI=1S/C21H21N3O6/c1-13-4-5-14(2)18(12-13)28-11-10-19(25)29-15(3)20-22-23-21(30-20)16-6-8-17(9-7-16)24(26)27/h4-9,12,15H,10-11H2,1-3H3/t15-/m0/s1. The summed E-state index contributed by atoms with van der Waals surface area (Å²) in [5, 5.41) is 18.5. The van der Waals surface area contributed by atoms with E-state index in [2.05, 4.69) is 10.2 Å². The van der Waals surface area contributed by atoms with Gasteiger partial charge in [-0.25, -0.2) is 0 Å². The van der Waals surface area contributed by atoms with Gasteiger partial charge in [0.05, 0.1) is 18.0 Å². The summed E-state index contributed by atoms with van der Waals surface area (Å²) in [6.45, 7) is 5.72. The Morgan fingerprint density at radius 2 is 1.90 bits per heavy atom. The highest BCUT2D eigenvalue weighted by Gasteiger charge is 2.19. The maximum atomic E-state index is 12.1. The molecular weight excluding hydrogens is 390 g/mol. The van der Waals surface area contributed by atoms with Gasteiger partial charge in [0, 0.05) is 17.7 Å². The van der Waals surface area contributed by atoms with Gasteiger partial charge in [-0.05, 0) is 50.1 Å². The van der Waals surface area contributed by atoms with Crippen LogP contribution in [0.4, 0.5) is 5.69 Å². The molecule has 156 valence electrons. The van der Waals surface area contributed by atoms with E-state index < -0.39 is 17.0 Å². The van der Waals surface area contributed by atoms with Crippen molar-refractivity contribution in [1.82, 2.24) is 10.2 Å². The van der Waals surface area contributed by atoms with Gasteiger partial charge in [-0.15, -0.1) is 10.2 Å². The molecule has 0 bridgehead atoms. The number of aromatic nitrogens is 2. The average Bonchev–Trinajstić information content (AvgIpc) is 3.21. The van der Waals surface area contributed by atoms with Crippen molar-refractivity contribution in [3.63, 3.8) is 0 Å². The number of ether oxygens (including phenoxy) is 2. The number of nitro groups is 1. The molecule has 9 nitrogen and oxygen atoms in total. The Balaban J connectivity index is 1.53. The molecule has 0 aliphatic carbocycles. The van der Waals surface area contributed by atoms with E-state index >= 15 is 0 Å². The second-order valence-corrected chi connectivity index (χ2v) is 6.75. The molecule has 0 saturated heterocycles. The Morgan fingerprint density at radius 1 is 1.17 bits per heavy atom. The predicted molar refractivity (Wildman–Crippen MR) is 107 cm³/mol. The molecule has 0 amide bonds. The Labute approximate surface area is 172 Å². The topological polar surface area (TPSA) is 118 Å². The lowest BCUT2D eigenvalue weighted by molar-refractivity contribution is -0.384. The number of hydrogen-bond donors (Lipinski definition) is 0. The van der Waals surface area contributed by atoms with Crippen LogP contribution < -0.4 is 4.74 Å². The molecule has 0 spiro atoms. The third-order valence-corrected chi connectivity index (χ3v) is 4.33. The summed E-state index contributed by atoms with van der Waals surface area (Å²) in [4.78, 5) is 22.3. The first-order valence-electron chi connectivity index (χ1n) is 9.31. The first-order valence-corrected chi connectivity index (χ1v) is 9.31. The summed E-state index contributed by atoms with van der Waals surface area (Å²) >= 11 is 0. The molecule has 1 atom stereocenters. The van der Waals surface area contributed by atoms with Crippen molar-refractivity contribution in [2.75, 3.05) is 6.61 Å². The minimum absolute atomic E-state index is 0.0381. The predicted octanol–water partition coefficient (Wildman–Crippen LogP) is 4.33. The normalized spacial score (nSPS) is 11.7. The highest BCUT2D eigenvalue weighted by atomic mass is 16.6. The van der Waals surface area contributed by atoms with E-state index in [-0.39, 0.29) is 30.5 Å². The molecule has 1 heterocycles. The number of rotatable bonds is 8. The van der Waals surface area contributed by atoms with Crippen LogP contribution in [0.5, 0.6) is 5.75 Å². The smallest absolute Gasteiger partial charge is 0.310 e. The summed E-state index contributed by atoms with van der Waals surface area (Å²) < 4.78 is 16.5. The van der Waals surface area contributed by atoms with Crippen LogP contribution >= 0.6 is 0 Å². The van der Waals surface area contributed by atoms with E-state index in [1.54, 1.807) is 6.92 Å². The number of carbonyl (C=O) groups is 1. The van der Waals surface area contributed by atoms with Crippen LogP contribution in [0.3, 0.4) is 0 Å². The number of hydrogen-bond acceptors (Lipinski definition) is 8. The molecule has 9 heteroatoms. The lowest BCUT2D eigenvalue weighted by atomic mass is 10.1. The van der Waals surface area contributed by atoms with Gasteiger partial charge in [-0.2, -0.15) is 0 Å². The van der Waals surface area contributed by atoms with E-state index in [0.29, 0.717) is 5.56 Å². The van der Waals surface area contributed by atoms with Gasteiger partial charge < -0.3 is 13.9 Å². The summed E-state index contributed by atoms with van der Waals surface area (Å²) in [6.07, 6.45) is -0.668. The van der Waals surface area contributed by atoms with Crippen molar-refractivity contribution in [3.05, 3.63) is 69.6 Å². The van der Waals surface area contributed by atoms with Crippen LogP contribution in [0.15, 0.2) is 46.9 Å². The van der Waals surface area contributed by atoms with E-state index in [9.17, 15) is 14.9 Å². The van der Waals surface area contributed by atoms with Gasteiger partial charge in [-0.3, -0.25) is 14.9 Å². The summed E-state index contributed by atoms with van der Waals surface area (Å²) in [6, 6.07) is 11.6. The molecule has 0 N–H and O–H groups in total. The molecule has 3 aromatic rings. The fourth-order valence-corrected chi connectivity index (χ4v) is 2.65. The zero-order chi connectivity index (χ0) is 21.7. The lowest BCUT2D eigenvalue weighted by Crippen LogP contribution is -2.13. The van der Waals surface area contributed by atoms with Crippen molar-refractivity contribution < 1.29 is 23.6 Å². The monoisotopic (exact) mass is 411 g/mol. The van der Waals surface area contributed by atoms with Crippen molar-refractivity contribution >= 4 is 11.7 Å². The van der Waals surface area contributed by atoms with Gasteiger partial charge in [0.1, 0.15) is 5.75 Å². The Morgan fingerprint density at radius 3 is 2.60 bits per heavy atom. The second kappa shape index (κ2) is 9.17. The number of non-ortho nitro benzene ring substituents is 1. The molecule has 3 rings (SSSR count). The first-order chi connectivity index (χ1) is 14.3. The molecule has 0 aliphatic rings. The van der Waals surface area contributed by atoms with Crippen LogP contribution in [0.2, 0.25) is 0 Å². The van der Waals surface area contributed by atoms with Crippen molar-refractivity contribution in [3.8, 4) is 17.2 Å². The number of esters is 1. The van der Waals surface area contributed by atoms with Gasteiger partial charge in [0.15, 0.2) is 6.10 Å². The fraction of sp³-hybridized carbons (Fsp3) is 0.286. The van der Waals surface area contributed by atoms with Gasteiger partial charge >= 0.3 is 5.97 Å². The summed E-state index contributed by atoms with van der Waals surface area (Å²) in [7, 11) is 0. The van der Waals surface area contributed by atoms with E-state index in [4.69, 9.17) is 13.9 Å².